The van der Waals surface area contributed by atoms with Crippen LogP contribution in [0.15, 0.2) is 10.5 Å². The van der Waals surface area contributed by atoms with Gasteiger partial charge in [-0.2, -0.15) is 0 Å². The largest absolute Gasteiger partial charge is 0.466 e. The Labute approximate surface area is 179 Å². The summed E-state index contributed by atoms with van der Waals surface area (Å²) in [6, 6.07) is 1.79. The summed E-state index contributed by atoms with van der Waals surface area (Å²) in [5.74, 6) is 1.19. The molecule has 1 fully saturated rings. The number of carbonyl (C=O) groups excluding carboxylic acids is 2. The van der Waals surface area contributed by atoms with Crippen LogP contribution in [0.3, 0.4) is 0 Å². The molecule has 0 aromatic carbocycles. The third-order valence-electron chi connectivity index (χ3n) is 5.49. The maximum atomic E-state index is 12.9. The molecule has 2 heterocycles. The van der Waals surface area contributed by atoms with Crippen LogP contribution in [0.1, 0.15) is 58.6 Å². The van der Waals surface area contributed by atoms with Crippen molar-refractivity contribution in [1.82, 2.24) is 15.1 Å². The van der Waals surface area contributed by atoms with Crippen molar-refractivity contribution in [2.45, 2.75) is 72.1 Å². The number of hydrogen-bond acceptors (Lipinski definition) is 6. The van der Waals surface area contributed by atoms with Crippen molar-refractivity contribution in [3.05, 3.63) is 23.2 Å². The van der Waals surface area contributed by atoms with Gasteiger partial charge in [-0.05, 0) is 61.5 Å². The zero-order valence-electron chi connectivity index (χ0n) is 19.6. The van der Waals surface area contributed by atoms with Crippen LogP contribution in [0.25, 0.3) is 0 Å². The molecule has 1 aliphatic heterocycles. The molecule has 0 aliphatic carbocycles. The van der Waals surface area contributed by atoms with E-state index >= 15 is 0 Å². The Hall–Kier alpha value is -2.06. The molecule has 2 amide bonds. The quantitative estimate of drug-likeness (QED) is 0.756. The SMILES string of the molecule is Cc1cc([C@](C)(O)CNC(=O)C(C)(C)N2CCN(C(=O)OC(C)(C)C)CC2)c(C)o1. The molecule has 8 heteroatoms. The van der Waals surface area contributed by atoms with E-state index in [1.54, 1.807) is 24.8 Å². The summed E-state index contributed by atoms with van der Waals surface area (Å²) in [4.78, 5) is 28.9. The van der Waals surface area contributed by atoms with Crippen LogP contribution < -0.4 is 5.32 Å². The lowest BCUT2D eigenvalue weighted by atomic mass is 9.95. The fraction of sp³-hybridized carbons (Fsp3) is 0.727. The van der Waals surface area contributed by atoms with Gasteiger partial charge in [0, 0.05) is 31.7 Å². The molecule has 0 bridgehead atoms. The van der Waals surface area contributed by atoms with E-state index in [1.807, 2.05) is 46.4 Å². The Morgan fingerprint density at radius 1 is 1.10 bits per heavy atom. The first kappa shape index (κ1) is 24.2. The second-order valence-corrected chi connectivity index (χ2v) is 9.80. The van der Waals surface area contributed by atoms with Gasteiger partial charge in [0.05, 0.1) is 12.1 Å². The molecule has 1 atom stereocenters. The smallest absolute Gasteiger partial charge is 0.410 e. The Morgan fingerprint density at radius 2 is 1.67 bits per heavy atom. The third kappa shape index (κ3) is 5.76. The van der Waals surface area contributed by atoms with Crippen LogP contribution in [0.5, 0.6) is 0 Å². The third-order valence-corrected chi connectivity index (χ3v) is 5.49. The van der Waals surface area contributed by atoms with E-state index in [2.05, 4.69) is 5.32 Å². The highest BCUT2D eigenvalue weighted by Crippen LogP contribution is 2.27. The van der Waals surface area contributed by atoms with Crippen molar-refractivity contribution in [1.29, 1.82) is 0 Å². The van der Waals surface area contributed by atoms with Gasteiger partial charge >= 0.3 is 6.09 Å². The topological polar surface area (TPSA) is 95.2 Å². The molecule has 170 valence electrons. The maximum Gasteiger partial charge on any atom is 0.410 e. The fourth-order valence-electron chi connectivity index (χ4n) is 3.65. The van der Waals surface area contributed by atoms with Crippen LogP contribution in [0.2, 0.25) is 0 Å². The lowest BCUT2D eigenvalue weighted by Crippen LogP contribution is -2.62. The zero-order valence-corrected chi connectivity index (χ0v) is 19.6. The predicted molar refractivity (Wildman–Crippen MR) is 114 cm³/mol. The Bertz CT molecular complexity index is 768. The molecule has 0 unspecified atom stereocenters. The van der Waals surface area contributed by atoms with Gasteiger partial charge in [0.15, 0.2) is 0 Å². The molecule has 2 rings (SSSR count). The molecule has 1 aliphatic rings. The summed E-state index contributed by atoms with van der Waals surface area (Å²) in [6.07, 6.45) is -0.328. The van der Waals surface area contributed by atoms with Gasteiger partial charge in [-0.15, -0.1) is 0 Å². The van der Waals surface area contributed by atoms with E-state index in [9.17, 15) is 14.7 Å². The normalized spacial score (nSPS) is 18.1. The highest BCUT2D eigenvalue weighted by atomic mass is 16.6. The number of nitrogens with one attached hydrogen (secondary N) is 1. The molecule has 30 heavy (non-hydrogen) atoms. The molecular weight excluding hydrogens is 386 g/mol. The number of carbonyl (C=O) groups is 2. The number of ether oxygens (including phenoxy) is 1. The molecule has 0 radical (unpaired) electrons. The summed E-state index contributed by atoms with van der Waals surface area (Å²) in [7, 11) is 0. The Balaban J connectivity index is 1.93. The number of furan rings is 1. The van der Waals surface area contributed by atoms with Gasteiger partial charge in [0.2, 0.25) is 5.91 Å². The minimum absolute atomic E-state index is 0.0763. The molecule has 1 aromatic heterocycles. The lowest BCUT2D eigenvalue weighted by molar-refractivity contribution is -0.134. The van der Waals surface area contributed by atoms with Crippen molar-refractivity contribution in [2.75, 3.05) is 32.7 Å². The fourth-order valence-corrected chi connectivity index (χ4v) is 3.65. The molecule has 2 N–H and O–H groups in total. The second kappa shape index (κ2) is 8.59. The standard InChI is InChI=1S/C22H37N3O5/c1-15-13-17(16(2)29-15)22(8,28)14-23-18(26)21(6,7)25-11-9-24(10-12-25)19(27)30-20(3,4)5/h13,28H,9-12,14H2,1-8H3,(H,23,26)/t22-/m1/s1. The molecule has 0 spiro atoms. The summed E-state index contributed by atoms with van der Waals surface area (Å²) in [6.45, 7) is 16.7. The van der Waals surface area contributed by atoms with Crippen LogP contribution in [-0.4, -0.2) is 70.8 Å². The highest BCUT2D eigenvalue weighted by Gasteiger charge is 2.39. The minimum Gasteiger partial charge on any atom is -0.466 e. The number of piperazine rings is 1. The molecule has 1 saturated heterocycles. The number of hydrogen-bond donors (Lipinski definition) is 2. The first-order valence-corrected chi connectivity index (χ1v) is 10.4. The van der Waals surface area contributed by atoms with E-state index < -0.39 is 16.7 Å². The average Bonchev–Trinajstić information content (AvgIpc) is 2.97. The average molecular weight is 424 g/mol. The van der Waals surface area contributed by atoms with Crippen molar-refractivity contribution < 1.29 is 23.8 Å². The van der Waals surface area contributed by atoms with Crippen molar-refractivity contribution in [2.24, 2.45) is 0 Å². The second-order valence-electron chi connectivity index (χ2n) is 9.80. The summed E-state index contributed by atoms with van der Waals surface area (Å²) in [5.41, 5.74) is -1.87. The summed E-state index contributed by atoms with van der Waals surface area (Å²) < 4.78 is 10.9. The first-order chi connectivity index (χ1) is 13.6. The van der Waals surface area contributed by atoms with Gasteiger partial charge in [0.1, 0.15) is 22.7 Å². The van der Waals surface area contributed by atoms with Gasteiger partial charge < -0.3 is 24.5 Å². The number of aryl methyl sites for hydroxylation is 2. The summed E-state index contributed by atoms with van der Waals surface area (Å²) in [5, 5.41) is 13.7. The van der Waals surface area contributed by atoms with Gasteiger partial charge in [-0.25, -0.2) is 4.79 Å². The van der Waals surface area contributed by atoms with E-state index in [1.165, 1.54) is 0 Å². The van der Waals surface area contributed by atoms with Gasteiger partial charge in [-0.3, -0.25) is 9.69 Å². The lowest BCUT2D eigenvalue weighted by Gasteiger charge is -2.43. The number of nitrogens with zero attached hydrogens (tertiary/aromatic N) is 2. The van der Waals surface area contributed by atoms with E-state index in [-0.39, 0.29) is 18.5 Å². The Kier molecular flexibility index (Phi) is 6.93. The van der Waals surface area contributed by atoms with Gasteiger partial charge in [-0.1, -0.05) is 0 Å². The highest BCUT2D eigenvalue weighted by molar-refractivity contribution is 5.85. The number of amides is 2. The molecule has 0 saturated carbocycles. The molecule has 1 aromatic rings. The minimum atomic E-state index is -1.23. The van der Waals surface area contributed by atoms with E-state index in [0.29, 0.717) is 37.5 Å². The van der Waals surface area contributed by atoms with Crippen LogP contribution in [-0.2, 0) is 15.1 Å². The van der Waals surface area contributed by atoms with E-state index in [4.69, 9.17) is 9.15 Å². The van der Waals surface area contributed by atoms with E-state index in [0.717, 1.165) is 5.76 Å². The van der Waals surface area contributed by atoms with Crippen LogP contribution in [0.4, 0.5) is 4.79 Å². The van der Waals surface area contributed by atoms with Crippen LogP contribution in [0, 0.1) is 13.8 Å². The predicted octanol–water partition coefficient (Wildman–Crippen LogP) is 2.55. The Morgan fingerprint density at radius 3 is 2.13 bits per heavy atom. The van der Waals surface area contributed by atoms with Crippen LogP contribution >= 0.6 is 0 Å². The molecule has 8 nitrogen and oxygen atoms in total. The first-order valence-electron chi connectivity index (χ1n) is 10.4. The monoisotopic (exact) mass is 423 g/mol. The maximum absolute atomic E-state index is 12.9. The molecular formula is C22H37N3O5. The zero-order chi connectivity index (χ0) is 22.9. The van der Waals surface area contributed by atoms with Crippen molar-refractivity contribution in [3.8, 4) is 0 Å². The van der Waals surface area contributed by atoms with Crippen molar-refractivity contribution in [3.63, 3.8) is 0 Å². The summed E-state index contributed by atoms with van der Waals surface area (Å²) >= 11 is 0. The number of rotatable bonds is 5. The van der Waals surface area contributed by atoms with Crippen molar-refractivity contribution >= 4 is 12.0 Å². The number of aliphatic hydroxyl groups is 1. The van der Waals surface area contributed by atoms with Gasteiger partial charge in [0.25, 0.3) is 0 Å².